The van der Waals surface area contributed by atoms with E-state index in [1.807, 2.05) is 0 Å². The zero-order valence-corrected chi connectivity index (χ0v) is 12.9. The molecule has 0 spiro atoms. The highest BCUT2D eigenvalue weighted by Gasteiger charge is 2.44. The molecule has 0 aromatic heterocycles. The molecule has 20 heavy (non-hydrogen) atoms. The molecular formula is C19H29N. The third kappa shape index (κ3) is 2.65. The number of hydrogen-bond donors (Lipinski definition) is 1. The van der Waals surface area contributed by atoms with Crippen molar-refractivity contribution in [1.82, 2.24) is 0 Å². The molecule has 2 unspecified atom stereocenters. The average Bonchev–Trinajstić information content (AvgIpc) is 2.49. The highest BCUT2D eigenvalue weighted by Crippen LogP contribution is 2.48. The Morgan fingerprint density at radius 3 is 2.35 bits per heavy atom. The molecule has 2 saturated carbocycles. The van der Waals surface area contributed by atoms with Gasteiger partial charge in [-0.05, 0) is 43.1 Å². The van der Waals surface area contributed by atoms with Gasteiger partial charge in [-0.2, -0.15) is 0 Å². The van der Waals surface area contributed by atoms with Crippen molar-refractivity contribution in [2.45, 2.75) is 69.7 Å². The summed E-state index contributed by atoms with van der Waals surface area (Å²) in [5.41, 5.74) is 8.59. The Kier molecular flexibility index (Phi) is 4.16. The summed E-state index contributed by atoms with van der Waals surface area (Å²) in [7, 11) is 0. The van der Waals surface area contributed by atoms with Crippen molar-refractivity contribution in [3.8, 4) is 0 Å². The first kappa shape index (κ1) is 14.1. The molecule has 2 aliphatic carbocycles. The van der Waals surface area contributed by atoms with E-state index in [2.05, 4.69) is 37.3 Å². The second-order valence-electron chi connectivity index (χ2n) is 7.28. The Bertz CT molecular complexity index is 419. The molecule has 3 rings (SSSR count). The normalized spacial score (nSPS) is 38.6. The fraction of sp³-hybridized carbons (Fsp3) is 0.684. The van der Waals surface area contributed by atoms with Gasteiger partial charge in [0.15, 0.2) is 0 Å². The first-order valence-electron chi connectivity index (χ1n) is 8.54. The summed E-state index contributed by atoms with van der Waals surface area (Å²) >= 11 is 0. The first-order valence-corrected chi connectivity index (χ1v) is 8.54. The lowest BCUT2D eigenvalue weighted by atomic mass is 9.60. The molecule has 2 aliphatic rings. The van der Waals surface area contributed by atoms with Gasteiger partial charge in [0.25, 0.3) is 0 Å². The van der Waals surface area contributed by atoms with Crippen LogP contribution in [0.1, 0.15) is 69.8 Å². The molecule has 0 heterocycles. The molecule has 1 nitrogen and oxygen atoms in total. The maximum absolute atomic E-state index is 7.06. The van der Waals surface area contributed by atoms with Gasteiger partial charge in [0, 0.05) is 11.5 Å². The van der Waals surface area contributed by atoms with E-state index in [4.69, 9.17) is 5.73 Å². The lowest BCUT2D eigenvalue weighted by Gasteiger charge is -2.49. The van der Waals surface area contributed by atoms with E-state index in [0.717, 1.165) is 11.8 Å². The molecular weight excluding hydrogens is 242 g/mol. The van der Waals surface area contributed by atoms with Gasteiger partial charge in [0.1, 0.15) is 0 Å². The maximum Gasteiger partial charge on any atom is 0.0252 e. The van der Waals surface area contributed by atoms with Gasteiger partial charge in [-0.15, -0.1) is 0 Å². The van der Waals surface area contributed by atoms with Crippen molar-refractivity contribution in [3.05, 3.63) is 35.9 Å². The molecule has 2 fully saturated rings. The van der Waals surface area contributed by atoms with Gasteiger partial charge in [-0.1, -0.05) is 62.9 Å². The summed E-state index contributed by atoms with van der Waals surface area (Å²) in [5.74, 6) is 2.23. The zero-order valence-electron chi connectivity index (χ0n) is 12.9. The van der Waals surface area contributed by atoms with E-state index in [9.17, 15) is 0 Å². The van der Waals surface area contributed by atoms with Crippen LogP contribution in [-0.4, -0.2) is 5.54 Å². The van der Waals surface area contributed by atoms with Crippen LogP contribution in [0.25, 0.3) is 0 Å². The van der Waals surface area contributed by atoms with Crippen LogP contribution in [0.15, 0.2) is 30.3 Å². The number of rotatable bonds is 2. The van der Waals surface area contributed by atoms with Crippen LogP contribution >= 0.6 is 0 Å². The third-order valence-electron chi connectivity index (χ3n) is 5.98. The minimum atomic E-state index is 0.0553. The fourth-order valence-corrected chi connectivity index (χ4v) is 4.67. The van der Waals surface area contributed by atoms with Crippen molar-refractivity contribution < 1.29 is 0 Å². The second-order valence-corrected chi connectivity index (χ2v) is 7.28. The highest BCUT2D eigenvalue weighted by molar-refractivity contribution is 5.25. The van der Waals surface area contributed by atoms with E-state index in [1.54, 1.807) is 0 Å². The first-order chi connectivity index (χ1) is 9.70. The van der Waals surface area contributed by atoms with Crippen molar-refractivity contribution in [2.24, 2.45) is 17.6 Å². The standard InChI is InChI=1S/C19H29N/c1-15-10-12-17(13-11-15)19(20)14-6-5-9-18(19)16-7-3-2-4-8-16/h2-4,7-8,15,17-18H,5-6,9-14,20H2,1H3. The van der Waals surface area contributed by atoms with E-state index in [1.165, 1.54) is 56.9 Å². The Morgan fingerprint density at radius 2 is 1.65 bits per heavy atom. The Hall–Kier alpha value is -0.820. The number of nitrogens with two attached hydrogens (primary N) is 1. The molecule has 0 amide bonds. The van der Waals surface area contributed by atoms with E-state index in [-0.39, 0.29) is 5.54 Å². The molecule has 0 saturated heterocycles. The molecule has 0 radical (unpaired) electrons. The van der Waals surface area contributed by atoms with Crippen LogP contribution in [0.2, 0.25) is 0 Å². The topological polar surface area (TPSA) is 26.0 Å². The smallest absolute Gasteiger partial charge is 0.0252 e. The van der Waals surface area contributed by atoms with Crippen LogP contribution in [0.4, 0.5) is 0 Å². The molecule has 0 bridgehead atoms. The zero-order chi connectivity index (χ0) is 14.0. The van der Waals surface area contributed by atoms with Gasteiger partial charge in [-0.25, -0.2) is 0 Å². The fourth-order valence-electron chi connectivity index (χ4n) is 4.67. The van der Waals surface area contributed by atoms with Crippen LogP contribution in [0.3, 0.4) is 0 Å². The van der Waals surface area contributed by atoms with Gasteiger partial charge >= 0.3 is 0 Å². The molecule has 2 N–H and O–H groups in total. The van der Waals surface area contributed by atoms with Gasteiger partial charge in [0.05, 0.1) is 0 Å². The van der Waals surface area contributed by atoms with E-state index >= 15 is 0 Å². The molecule has 2 atom stereocenters. The summed E-state index contributed by atoms with van der Waals surface area (Å²) in [6.07, 6.45) is 10.6. The molecule has 1 aromatic carbocycles. The summed E-state index contributed by atoms with van der Waals surface area (Å²) in [4.78, 5) is 0. The summed E-state index contributed by atoms with van der Waals surface area (Å²) in [6, 6.07) is 11.1. The predicted molar refractivity (Wildman–Crippen MR) is 85.7 cm³/mol. The largest absolute Gasteiger partial charge is 0.324 e. The van der Waals surface area contributed by atoms with Crippen molar-refractivity contribution in [2.75, 3.05) is 0 Å². The maximum atomic E-state index is 7.06. The third-order valence-corrected chi connectivity index (χ3v) is 5.98. The highest BCUT2D eigenvalue weighted by atomic mass is 14.8. The Labute approximate surface area is 124 Å². The Balaban J connectivity index is 1.84. The van der Waals surface area contributed by atoms with Gasteiger partial charge in [-0.3, -0.25) is 0 Å². The van der Waals surface area contributed by atoms with Crippen LogP contribution in [-0.2, 0) is 0 Å². The summed E-state index contributed by atoms with van der Waals surface area (Å²) < 4.78 is 0. The molecule has 0 aliphatic heterocycles. The van der Waals surface area contributed by atoms with Crippen molar-refractivity contribution in [1.29, 1.82) is 0 Å². The second kappa shape index (κ2) is 5.89. The number of hydrogen-bond acceptors (Lipinski definition) is 1. The van der Waals surface area contributed by atoms with Crippen molar-refractivity contribution >= 4 is 0 Å². The predicted octanol–water partition coefficient (Wildman–Crippen LogP) is 4.87. The molecule has 1 heteroatoms. The van der Waals surface area contributed by atoms with Crippen LogP contribution in [0.5, 0.6) is 0 Å². The lowest BCUT2D eigenvalue weighted by Crippen LogP contribution is -2.54. The summed E-state index contributed by atoms with van der Waals surface area (Å²) in [6.45, 7) is 2.40. The van der Waals surface area contributed by atoms with Crippen molar-refractivity contribution in [3.63, 3.8) is 0 Å². The van der Waals surface area contributed by atoms with Gasteiger partial charge < -0.3 is 5.73 Å². The monoisotopic (exact) mass is 271 g/mol. The Morgan fingerprint density at radius 1 is 0.950 bits per heavy atom. The number of benzene rings is 1. The quantitative estimate of drug-likeness (QED) is 0.816. The van der Waals surface area contributed by atoms with Crippen LogP contribution < -0.4 is 5.73 Å². The summed E-state index contributed by atoms with van der Waals surface area (Å²) in [5, 5.41) is 0. The average molecular weight is 271 g/mol. The minimum absolute atomic E-state index is 0.0553. The molecule has 1 aromatic rings. The SMILES string of the molecule is CC1CCC(C2(N)CCCCC2c2ccccc2)CC1. The lowest BCUT2D eigenvalue weighted by molar-refractivity contribution is 0.115. The minimum Gasteiger partial charge on any atom is -0.324 e. The van der Waals surface area contributed by atoms with E-state index < -0.39 is 0 Å². The molecule has 110 valence electrons. The van der Waals surface area contributed by atoms with Crippen LogP contribution in [0, 0.1) is 11.8 Å². The van der Waals surface area contributed by atoms with Gasteiger partial charge in [0.2, 0.25) is 0 Å². The van der Waals surface area contributed by atoms with E-state index in [0.29, 0.717) is 5.92 Å².